The van der Waals surface area contributed by atoms with Gasteiger partial charge in [-0.1, -0.05) is 6.07 Å². The minimum atomic E-state index is -0.305. The van der Waals surface area contributed by atoms with E-state index in [1.165, 1.54) is 14.7 Å². The Morgan fingerprint density at radius 3 is 1.38 bits per heavy atom. The first kappa shape index (κ1) is 26.6. The fourth-order valence-corrected chi connectivity index (χ4v) is 5.76. The molecule has 37 heavy (non-hydrogen) atoms. The summed E-state index contributed by atoms with van der Waals surface area (Å²) in [6.45, 7) is 12.8. The molecule has 4 rings (SSSR count). The number of benzene rings is 3. The van der Waals surface area contributed by atoms with Crippen LogP contribution in [0.5, 0.6) is 17.2 Å². The molecule has 0 aliphatic heterocycles. The molecule has 0 spiro atoms. The fourth-order valence-electron chi connectivity index (χ4n) is 3.72. The van der Waals surface area contributed by atoms with Gasteiger partial charge in [-0.2, -0.15) is 0 Å². The molecule has 4 nitrogen and oxygen atoms in total. The maximum atomic E-state index is 6.05. The lowest BCUT2D eigenvalue weighted by Gasteiger charge is -2.21. The Hall–Kier alpha value is -3.44. The van der Waals surface area contributed by atoms with Gasteiger partial charge in [0.25, 0.3) is 0 Å². The van der Waals surface area contributed by atoms with Crippen LogP contribution in [-0.4, -0.2) is 16.2 Å². The fraction of sp³-hybridized carbons (Fsp3) is 0.281. The molecule has 4 aromatic rings. The molecule has 0 radical (unpaired) electrons. The average Bonchev–Trinajstić information content (AvgIpc) is 2.85. The van der Waals surface area contributed by atoms with Crippen LogP contribution in [0.2, 0.25) is 0 Å². The van der Waals surface area contributed by atoms with Gasteiger partial charge < -0.3 is 14.2 Å². The summed E-state index contributed by atoms with van der Waals surface area (Å²) in [6.07, 6.45) is 1.78. The van der Waals surface area contributed by atoms with Gasteiger partial charge in [-0.3, -0.25) is 4.98 Å². The first-order chi connectivity index (χ1) is 17.6. The van der Waals surface area contributed by atoms with Crippen molar-refractivity contribution in [1.82, 2.24) is 4.98 Å². The third kappa shape index (κ3) is 8.02. The van der Waals surface area contributed by atoms with Gasteiger partial charge >= 0.3 is 0 Å². The molecule has 5 heteroatoms. The van der Waals surface area contributed by atoms with Gasteiger partial charge in [-0.15, -0.1) is 0 Å². The van der Waals surface area contributed by atoms with Crippen LogP contribution >= 0.6 is 0 Å². The first-order valence-corrected chi connectivity index (χ1v) is 13.7. The number of aromatic nitrogens is 1. The van der Waals surface area contributed by atoms with E-state index in [0.717, 1.165) is 22.9 Å². The molecular weight excluding hydrogens is 478 g/mol. The van der Waals surface area contributed by atoms with Crippen LogP contribution in [0.1, 0.15) is 47.2 Å². The monoisotopic (exact) mass is 514 g/mol. The van der Waals surface area contributed by atoms with Gasteiger partial charge in [0.15, 0.2) is 14.7 Å². The molecular formula is C32H36NO3S+. The highest BCUT2D eigenvalue weighted by atomic mass is 32.2. The van der Waals surface area contributed by atoms with E-state index in [1.807, 2.05) is 30.3 Å². The topological polar surface area (TPSA) is 40.6 Å². The summed E-state index contributed by atoms with van der Waals surface area (Å²) in [5.74, 6) is 2.56. The van der Waals surface area contributed by atoms with Crippen molar-refractivity contribution in [2.24, 2.45) is 0 Å². The Bertz CT molecular complexity index is 1200. The van der Waals surface area contributed by atoms with E-state index in [1.54, 1.807) is 6.20 Å². The van der Waals surface area contributed by atoms with Crippen molar-refractivity contribution in [2.75, 3.05) is 0 Å². The molecule has 0 amide bonds. The highest BCUT2D eigenvalue weighted by molar-refractivity contribution is 7.97. The Morgan fingerprint density at radius 1 is 0.568 bits per heavy atom. The number of pyridine rings is 1. The van der Waals surface area contributed by atoms with Crippen LogP contribution < -0.4 is 14.2 Å². The van der Waals surface area contributed by atoms with Crippen LogP contribution in [0, 0.1) is 0 Å². The molecule has 0 fully saturated rings. The van der Waals surface area contributed by atoms with Crippen LogP contribution in [0.15, 0.2) is 112 Å². The molecule has 0 bridgehead atoms. The van der Waals surface area contributed by atoms with E-state index < -0.39 is 0 Å². The average molecular weight is 515 g/mol. The number of nitrogens with zero attached hydrogens (tertiary/aromatic N) is 1. The molecule has 1 aromatic heterocycles. The Balaban J connectivity index is 1.61. The number of ether oxygens (including phenoxy) is 3. The maximum Gasteiger partial charge on any atom is 0.166 e. The highest BCUT2D eigenvalue weighted by Crippen LogP contribution is 2.34. The van der Waals surface area contributed by atoms with E-state index in [-0.39, 0.29) is 22.1 Å². The molecule has 1 heterocycles. The first-order valence-electron chi connectivity index (χ1n) is 12.5. The van der Waals surface area contributed by atoms with E-state index in [4.69, 9.17) is 14.2 Å². The lowest BCUT2D eigenvalue weighted by molar-refractivity contribution is 0.130. The quantitative estimate of drug-likeness (QED) is 0.223. The maximum absolute atomic E-state index is 6.05. The molecule has 0 aliphatic rings. The zero-order chi connectivity index (χ0) is 26.5. The summed E-state index contributed by atoms with van der Waals surface area (Å²) in [4.78, 5) is 7.97. The van der Waals surface area contributed by atoms with E-state index in [9.17, 15) is 0 Å². The summed E-state index contributed by atoms with van der Waals surface area (Å²) in [5.41, 5.74) is 0.426. The van der Waals surface area contributed by atoms with Gasteiger partial charge in [0.2, 0.25) is 0 Å². The van der Waals surface area contributed by atoms with Gasteiger partial charge in [0, 0.05) is 6.20 Å². The number of hydrogen-bond donors (Lipinski definition) is 0. The Morgan fingerprint density at radius 2 is 1.00 bits per heavy atom. The second kappa shape index (κ2) is 11.3. The highest BCUT2D eigenvalue weighted by Gasteiger charge is 2.29. The molecule has 3 aromatic carbocycles. The predicted molar refractivity (Wildman–Crippen MR) is 151 cm³/mol. The van der Waals surface area contributed by atoms with E-state index in [2.05, 4.69) is 107 Å². The zero-order valence-corrected chi connectivity index (χ0v) is 23.3. The lowest BCUT2D eigenvalue weighted by Crippen LogP contribution is -2.23. The van der Waals surface area contributed by atoms with Gasteiger partial charge in [0.05, 0.1) is 16.6 Å². The second-order valence-electron chi connectivity index (χ2n) is 10.8. The minimum absolute atomic E-state index is 0.239. The number of rotatable bonds is 8. The molecule has 0 N–H and O–H groups in total. The number of hydrogen-bond acceptors (Lipinski definition) is 4. The van der Waals surface area contributed by atoms with Crippen LogP contribution in [0.4, 0.5) is 0 Å². The summed E-state index contributed by atoms with van der Waals surface area (Å²) < 4.78 is 18.1. The third-order valence-electron chi connectivity index (χ3n) is 5.14. The molecule has 0 atom stereocenters. The van der Waals surface area contributed by atoms with Gasteiger partial charge in [-0.05, 0) is 126 Å². The lowest BCUT2D eigenvalue weighted by atomic mass is 10.2. The van der Waals surface area contributed by atoms with Crippen molar-refractivity contribution in [2.45, 2.75) is 74.0 Å². The molecule has 0 aliphatic carbocycles. The van der Waals surface area contributed by atoms with Crippen molar-refractivity contribution in [1.29, 1.82) is 0 Å². The van der Waals surface area contributed by atoms with E-state index >= 15 is 0 Å². The van der Waals surface area contributed by atoms with Crippen molar-refractivity contribution >= 4 is 10.9 Å². The third-order valence-corrected chi connectivity index (χ3v) is 7.37. The molecule has 0 unspecified atom stereocenters. The van der Waals surface area contributed by atoms with Crippen molar-refractivity contribution < 1.29 is 14.2 Å². The smallest absolute Gasteiger partial charge is 0.166 e. The largest absolute Gasteiger partial charge is 0.488 e. The second-order valence-corrected chi connectivity index (χ2v) is 12.8. The predicted octanol–water partition coefficient (Wildman–Crippen LogP) is 8.11. The van der Waals surface area contributed by atoms with Crippen molar-refractivity contribution in [3.8, 4) is 17.2 Å². The minimum Gasteiger partial charge on any atom is -0.488 e. The van der Waals surface area contributed by atoms with E-state index in [0.29, 0.717) is 6.61 Å². The van der Waals surface area contributed by atoms with Crippen LogP contribution in [-0.2, 0) is 17.5 Å². The normalized spacial score (nSPS) is 11.9. The standard InChI is InChI=1S/C32H36NO3S/c1-31(2,3)35-26-12-18-29(19-13-26)37(30-20-14-27(15-21-30)36-32(4,5)6)28-16-10-25(11-17-28)34-23-24-9-7-8-22-33-24/h7-22H,23H2,1-6H3/q+1. The van der Waals surface area contributed by atoms with Crippen LogP contribution in [0.3, 0.4) is 0 Å². The SMILES string of the molecule is CC(C)(C)Oc1ccc([S+](c2ccc(OCc3ccccn3)cc2)c2ccc(OC(C)(C)C)cc2)cc1. The van der Waals surface area contributed by atoms with Gasteiger partial charge in [0.1, 0.15) is 35.1 Å². The van der Waals surface area contributed by atoms with Crippen molar-refractivity contribution in [3.63, 3.8) is 0 Å². The zero-order valence-electron chi connectivity index (χ0n) is 22.5. The summed E-state index contributed by atoms with van der Waals surface area (Å²) in [7, 11) is -0.305. The Kier molecular flexibility index (Phi) is 8.13. The molecule has 0 saturated carbocycles. The molecule has 0 saturated heterocycles. The molecule has 192 valence electrons. The van der Waals surface area contributed by atoms with Gasteiger partial charge in [-0.25, -0.2) is 0 Å². The summed E-state index contributed by atoms with van der Waals surface area (Å²) in [5, 5.41) is 0. The van der Waals surface area contributed by atoms with Crippen LogP contribution in [0.25, 0.3) is 0 Å². The van der Waals surface area contributed by atoms with Crippen molar-refractivity contribution in [3.05, 3.63) is 103 Å². The summed E-state index contributed by atoms with van der Waals surface area (Å²) >= 11 is 0. The summed E-state index contributed by atoms with van der Waals surface area (Å²) in [6, 6.07) is 31.1. The Labute approximate surface area is 224 Å².